The maximum atomic E-state index is 6.94. The third-order valence-electron chi connectivity index (χ3n) is 10.2. The van der Waals surface area contributed by atoms with Crippen LogP contribution in [0.5, 0.6) is 0 Å². The minimum Gasteiger partial charge on any atom is -0.456 e. The van der Waals surface area contributed by atoms with Gasteiger partial charge in [0.15, 0.2) is 0 Å². The molecule has 0 radical (unpaired) electrons. The van der Waals surface area contributed by atoms with Crippen molar-refractivity contribution in [2.45, 2.75) is 12.3 Å². The van der Waals surface area contributed by atoms with Crippen LogP contribution in [0.3, 0.4) is 0 Å². The zero-order valence-electron chi connectivity index (χ0n) is 27.3. The van der Waals surface area contributed by atoms with Crippen LogP contribution in [0, 0.1) is 0 Å². The first kappa shape index (κ1) is 28.2. The summed E-state index contributed by atoms with van der Waals surface area (Å²) in [5.74, 6) is 0.753. The van der Waals surface area contributed by atoms with Crippen molar-refractivity contribution < 1.29 is 13.3 Å². The number of nitrogens with one attached hydrogen (secondary N) is 2. The van der Waals surface area contributed by atoms with Crippen molar-refractivity contribution in [3.8, 4) is 11.1 Å². The van der Waals surface area contributed by atoms with Gasteiger partial charge in [0.05, 0.1) is 5.56 Å². The van der Waals surface area contributed by atoms with Crippen molar-refractivity contribution in [3.63, 3.8) is 0 Å². The van der Waals surface area contributed by atoms with Crippen LogP contribution in [0.1, 0.15) is 29.0 Å². The summed E-state index contributed by atoms with van der Waals surface area (Å²) in [7, 11) is 0. The summed E-state index contributed by atoms with van der Waals surface area (Å²) in [4.78, 5) is 5.29. The van der Waals surface area contributed by atoms with E-state index in [-0.39, 0.29) is 12.3 Å². The van der Waals surface area contributed by atoms with Crippen molar-refractivity contribution in [2.75, 3.05) is 0 Å². The molecule has 0 bridgehead atoms. The van der Waals surface area contributed by atoms with E-state index in [0.29, 0.717) is 0 Å². The van der Waals surface area contributed by atoms with E-state index < -0.39 is 0 Å². The molecule has 0 spiro atoms. The van der Waals surface area contributed by atoms with E-state index in [0.717, 1.165) is 99.5 Å². The molecule has 6 heteroatoms. The van der Waals surface area contributed by atoms with Gasteiger partial charge in [0.2, 0.25) is 0 Å². The first-order valence-corrected chi connectivity index (χ1v) is 17.2. The van der Waals surface area contributed by atoms with Gasteiger partial charge in [-0.15, -0.1) is 0 Å². The molecule has 0 saturated heterocycles. The second kappa shape index (κ2) is 10.9. The quantitative estimate of drug-likeness (QED) is 0.197. The maximum absolute atomic E-state index is 6.94. The number of fused-ring (bicyclic) bond motifs is 9. The standard InChI is InChI=1S/C45H29N3O3/c1-2-12-26(13-3-1)43-46-44(34-21-11-25-38-39(34)33-15-5-7-24-37(33)49-38)48-45(47-43)35-22-10-20-32-31-19-9-18-30(41(31)51-42(32)35)29-17-8-16-28-27-14-4-6-23-36(27)50-40(28)29/h1-25,43-44,46H,(H,47,48). The Kier molecular flexibility index (Phi) is 6.05. The molecule has 2 unspecified atom stereocenters. The van der Waals surface area contributed by atoms with E-state index in [4.69, 9.17) is 18.2 Å². The molecule has 1 aliphatic heterocycles. The second-order valence-electron chi connectivity index (χ2n) is 13.1. The fourth-order valence-electron chi connectivity index (χ4n) is 7.88. The fourth-order valence-corrected chi connectivity index (χ4v) is 7.88. The minimum absolute atomic E-state index is 0.270. The molecule has 7 aromatic carbocycles. The molecular weight excluding hydrogens is 631 g/mol. The van der Waals surface area contributed by atoms with Crippen molar-refractivity contribution >= 4 is 71.7 Å². The Labute approximate surface area is 291 Å². The van der Waals surface area contributed by atoms with Crippen LogP contribution < -0.4 is 10.6 Å². The Morgan fingerprint density at radius 3 is 1.75 bits per heavy atom. The van der Waals surface area contributed by atoms with Gasteiger partial charge in [-0.2, -0.15) is 0 Å². The lowest BCUT2D eigenvalue weighted by molar-refractivity contribution is 0.411. The highest BCUT2D eigenvalue weighted by molar-refractivity contribution is 6.18. The summed E-state index contributed by atoms with van der Waals surface area (Å²) in [6.07, 6.45) is -0.574. The molecule has 3 aromatic heterocycles. The third-order valence-corrected chi connectivity index (χ3v) is 10.2. The molecule has 6 nitrogen and oxygen atoms in total. The van der Waals surface area contributed by atoms with Crippen LogP contribution in [0.4, 0.5) is 0 Å². The van der Waals surface area contributed by atoms with Crippen molar-refractivity contribution in [2.24, 2.45) is 4.99 Å². The SMILES string of the molecule is c1ccc(C2N=C(c3cccc4c3oc3c(-c5cccc6c5oc5ccccc56)cccc34)NC(c3cccc4oc5ccccc5c34)N2)cc1. The molecule has 2 atom stereocenters. The van der Waals surface area contributed by atoms with Gasteiger partial charge in [-0.05, 0) is 29.8 Å². The van der Waals surface area contributed by atoms with E-state index in [2.05, 4.69) is 120 Å². The molecule has 0 amide bonds. The summed E-state index contributed by atoms with van der Waals surface area (Å²) >= 11 is 0. The number of furan rings is 3. The molecule has 0 saturated carbocycles. The highest BCUT2D eigenvalue weighted by Gasteiger charge is 2.29. The molecule has 11 rings (SSSR count). The minimum atomic E-state index is -0.304. The zero-order valence-corrected chi connectivity index (χ0v) is 27.3. The maximum Gasteiger partial charge on any atom is 0.146 e. The lowest BCUT2D eigenvalue weighted by atomic mass is 9.99. The van der Waals surface area contributed by atoms with Crippen molar-refractivity contribution in [3.05, 3.63) is 168 Å². The average molecular weight is 660 g/mol. The lowest BCUT2D eigenvalue weighted by Gasteiger charge is -2.32. The predicted octanol–water partition coefficient (Wildman–Crippen LogP) is 11.4. The summed E-state index contributed by atoms with van der Waals surface area (Å²) in [6, 6.07) is 52.0. The van der Waals surface area contributed by atoms with Gasteiger partial charge in [0, 0.05) is 49.0 Å². The molecule has 0 aliphatic carbocycles. The average Bonchev–Trinajstić information content (AvgIpc) is 3.89. The monoisotopic (exact) mass is 659 g/mol. The molecule has 1 aliphatic rings. The molecule has 4 heterocycles. The largest absolute Gasteiger partial charge is 0.456 e. The van der Waals surface area contributed by atoms with E-state index in [9.17, 15) is 0 Å². The molecule has 10 aromatic rings. The Bertz CT molecular complexity index is 3000. The van der Waals surface area contributed by atoms with E-state index in [1.54, 1.807) is 0 Å². The van der Waals surface area contributed by atoms with Gasteiger partial charge in [-0.1, -0.05) is 127 Å². The Morgan fingerprint density at radius 2 is 0.980 bits per heavy atom. The van der Waals surface area contributed by atoms with Gasteiger partial charge in [-0.3, -0.25) is 5.32 Å². The summed E-state index contributed by atoms with van der Waals surface area (Å²) in [6.45, 7) is 0. The van der Waals surface area contributed by atoms with E-state index >= 15 is 0 Å². The van der Waals surface area contributed by atoms with Crippen LogP contribution in [0.25, 0.3) is 76.9 Å². The number of hydrogen-bond acceptors (Lipinski definition) is 6. The summed E-state index contributed by atoms with van der Waals surface area (Å²) in [5.41, 5.74) is 10.1. The van der Waals surface area contributed by atoms with Crippen molar-refractivity contribution in [1.29, 1.82) is 0 Å². The second-order valence-corrected chi connectivity index (χ2v) is 13.1. The molecule has 0 fully saturated rings. The highest BCUT2D eigenvalue weighted by Crippen LogP contribution is 2.42. The number of para-hydroxylation sites is 5. The van der Waals surface area contributed by atoms with Gasteiger partial charge >= 0.3 is 0 Å². The number of aliphatic imine (C=N–C) groups is 1. The number of nitrogens with zero attached hydrogens (tertiary/aromatic N) is 1. The first-order chi connectivity index (χ1) is 25.3. The zero-order chi connectivity index (χ0) is 33.5. The van der Waals surface area contributed by atoms with Gasteiger partial charge in [-0.25, -0.2) is 4.99 Å². The normalized spacial score (nSPS) is 16.4. The number of benzene rings is 7. The Morgan fingerprint density at radius 1 is 0.431 bits per heavy atom. The predicted molar refractivity (Wildman–Crippen MR) is 205 cm³/mol. The summed E-state index contributed by atoms with van der Waals surface area (Å²) < 4.78 is 19.7. The number of amidine groups is 1. The topological polar surface area (TPSA) is 75.8 Å². The third kappa shape index (κ3) is 4.30. The van der Waals surface area contributed by atoms with Crippen molar-refractivity contribution in [1.82, 2.24) is 10.6 Å². The number of rotatable bonds is 4. The van der Waals surface area contributed by atoms with Gasteiger partial charge in [0.1, 0.15) is 51.7 Å². The van der Waals surface area contributed by atoms with E-state index in [1.165, 1.54) is 0 Å². The summed E-state index contributed by atoms with van der Waals surface area (Å²) in [5, 5.41) is 14.0. The smallest absolute Gasteiger partial charge is 0.146 e. The lowest BCUT2D eigenvalue weighted by Crippen LogP contribution is -2.45. The fraction of sp³-hybridized carbons (Fsp3) is 0.0444. The molecule has 242 valence electrons. The Hall–Kier alpha value is -6.63. The van der Waals surface area contributed by atoms with Crippen LogP contribution in [-0.2, 0) is 0 Å². The molecule has 51 heavy (non-hydrogen) atoms. The Balaban J connectivity index is 1.10. The molecule has 2 N–H and O–H groups in total. The first-order valence-electron chi connectivity index (χ1n) is 17.2. The van der Waals surface area contributed by atoms with Crippen LogP contribution in [-0.4, -0.2) is 5.84 Å². The van der Waals surface area contributed by atoms with Gasteiger partial charge < -0.3 is 18.6 Å². The van der Waals surface area contributed by atoms with Crippen LogP contribution >= 0.6 is 0 Å². The highest BCUT2D eigenvalue weighted by atomic mass is 16.3. The number of hydrogen-bond donors (Lipinski definition) is 2. The molecular formula is C45H29N3O3. The van der Waals surface area contributed by atoms with Crippen LogP contribution in [0.15, 0.2) is 170 Å². The van der Waals surface area contributed by atoms with Crippen LogP contribution in [0.2, 0.25) is 0 Å². The van der Waals surface area contributed by atoms with Gasteiger partial charge in [0.25, 0.3) is 0 Å². The van der Waals surface area contributed by atoms with E-state index in [1.807, 2.05) is 42.5 Å².